The molecule has 0 fully saturated rings. The number of hydrogen-bond donors (Lipinski definition) is 1. The molecule has 0 radical (unpaired) electrons. The van der Waals surface area contributed by atoms with Gasteiger partial charge in [0, 0.05) is 10.0 Å². The maximum absolute atomic E-state index is 12.1. The Morgan fingerprint density at radius 2 is 2.00 bits per heavy atom. The molecule has 1 amide bonds. The van der Waals surface area contributed by atoms with Crippen molar-refractivity contribution in [2.45, 2.75) is 13.0 Å². The van der Waals surface area contributed by atoms with Gasteiger partial charge in [0.25, 0.3) is 5.91 Å². The maximum Gasteiger partial charge on any atom is 0.258 e. The molecule has 0 spiro atoms. The van der Waals surface area contributed by atoms with Gasteiger partial charge in [-0.1, -0.05) is 29.3 Å². The molecule has 0 aliphatic rings. The van der Waals surface area contributed by atoms with Crippen LogP contribution in [0.4, 0.5) is 0 Å². The van der Waals surface area contributed by atoms with Crippen molar-refractivity contribution in [1.29, 1.82) is 0 Å². The van der Waals surface area contributed by atoms with Crippen molar-refractivity contribution in [3.8, 4) is 11.5 Å². The van der Waals surface area contributed by atoms with Crippen molar-refractivity contribution in [2.75, 3.05) is 13.7 Å². The zero-order valence-electron chi connectivity index (χ0n) is 13.7. The molecule has 0 aliphatic carbocycles. The van der Waals surface area contributed by atoms with E-state index in [1.54, 1.807) is 37.3 Å². The first-order valence-corrected chi connectivity index (χ1v) is 8.20. The second-order valence-electron chi connectivity index (χ2n) is 5.27. The zero-order valence-corrected chi connectivity index (χ0v) is 15.2. The first kappa shape index (κ1) is 19.1. The summed E-state index contributed by atoms with van der Waals surface area (Å²) >= 11 is 12.0. The van der Waals surface area contributed by atoms with Crippen LogP contribution < -0.4 is 14.8 Å². The third-order valence-corrected chi connectivity index (χ3v) is 4.07. The summed E-state index contributed by atoms with van der Waals surface area (Å²) in [6.45, 7) is 1.57. The highest BCUT2D eigenvalue weighted by molar-refractivity contribution is 6.35. The third kappa shape index (κ3) is 5.11. The predicted molar refractivity (Wildman–Crippen MR) is 96.9 cm³/mol. The molecule has 0 saturated carbocycles. The molecule has 2 rings (SSSR count). The number of methoxy groups -OCH3 is 1. The van der Waals surface area contributed by atoms with Crippen molar-refractivity contribution in [1.82, 2.24) is 5.32 Å². The summed E-state index contributed by atoms with van der Waals surface area (Å²) < 4.78 is 10.5. The molecule has 7 heteroatoms. The average molecular weight is 382 g/mol. The second kappa shape index (κ2) is 8.74. The van der Waals surface area contributed by atoms with Crippen molar-refractivity contribution in [3.05, 3.63) is 57.6 Å². The Morgan fingerprint density at radius 3 is 2.64 bits per heavy atom. The predicted octanol–water partition coefficient (Wildman–Crippen LogP) is 4.07. The lowest BCUT2D eigenvalue weighted by Crippen LogP contribution is -2.31. The maximum atomic E-state index is 12.1. The van der Waals surface area contributed by atoms with Crippen LogP contribution in [0.2, 0.25) is 10.0 Å². The van der Waals surface area contributed by atoms with E-state index < -0.39 is 0 Å². The number of carbonyl (C=O) groups excluding carboxylic acids is 2. The molecule has 0 unspecified atom stereocenters. The van der Waals surface area contributed by atoms with Crippen LogP contribution in [0.15, 0.2) is 36.4 Å². The van der Waals surface area contributed by atoms with Gasteiger partial charge in [0.05, 0.1) is 18.7 Å². The van der Waals surface area contributed by atoms with Crippen LogP contribution in [0.5, 0.6) is 11.5 Å². The second-order valence-corrected chi connectivity index (χ2v) is 6.11. The fourth-order valence-corrected chi connectivity index (χ4v) is 2.81. The molecule has 0 bridgehead atoms. The molecule has 0 heterocycles. The number of halogens is 2. The fourth-order valence-electron chi connectivity index (χ4n) is 2.23. The quantitative estimate of drug-likeness (QED) is 0.734. The summed E-state index contributed by atoms with van der Waals surface area (Å²) in [5, 5.41) is 3.78. The van der Waals surface area contributed by atoms with Gasteiger partial charge in [-0.15, -0.1) is 0 Å². The normalized spacial score (nSPS) is 11.5. The van der Waals surface area contributed by atoms with Crippen LogP contribution in [0.1, 0.15) is 28.9 Å². The molecule has 25 heavy (non-hydrogen) atoms. The minimum absolute atomic E-state index is 0.233. The number of amides is 1. The Hall–Kier alpha value is -2.24. The highest BCUT2D eigenvalue weighted by Gasteiger charge is 2.14. The highest BCUT2D eigenvalue weighted by Crippen LogP contribution is 2.26. The number of ether oxygens (including phenoxy) is 2. The first-order valence-electron chi connectivity index (χ1n) is 7.45. The standard InChI is InChI=1S/C18H17Cl2NO4/c1-11(15-5-3-13(19)8-16(15)20)21-18(23)10-25-17-6-4-14(24-2)7-12(17)9-22/h3-9,11H,10H2,1-2H3,(H,21,23)/t11-/m1/s1. The van der Waals surface area contributed by atoms with E-state index in [0.29, 0.717) is 33.4 Å². The number of hydrogen-bond acceptors (Lipinski definition) is 4. The van der Waals surface area contributed by atoms with Crippen molar-refractivity contribution in [2.24, 2.45) is 0 Å². The summed E-state index contributed by atoms with van der Waals surface area (Å²) in [4.78, 5) is 23.2. The van der Waals surface area contributed by atoms with Gasteiger partial charge in [0.15, 0.2) is 12.9 Å². The topological polar surface area (TPSA) is 64.6 Å². The lowest BCUT2D eigenvalue weighted by atomic mass is 10.1. The molecule has 2 aromatic rings. The van der Waals surface area contributed by atoms with Gasteiger partial charge in [0.2, 0.25) is 0 Å². The number of aldehydes is 1. The summed E-state index contributed by atoms with van der Waals surface area (Å²) in [7, 11) is 1.50. The zero-order chi connectivity index (χ0) is 18.4. The molecule has 5 nitrogen and oxygen atoms in total. The molecule has 132 valence electrons. The number of nitrogens with one attached hydrogen (secondary N) is 1. The summed E-state index contributed by atoms with van der Waals surface area (Å²) in [5.74, 6) is 0.499. The lowest BCUT2D eigenvalue weighted by Gasteiger charge is -2.16. The van der Waals surface area contributed by atoms with Crippen LogP contribution in [0, 0.1) is 0 Å². The van der Waals surface area contributed by atoms with Gasteiger partial charge in [-0.05, 0) is 42.8 Å². The Morgan fingerprint density at radius 1 is 1.24 bits per heavy atom. The Balaban J connectivity index is 1.97. The summed E-state index contributed by atoms with van der Waals surface area (Å²) in [5.41, 5.74) is 1.05. The monoisotopic (exact) mass is 381 g/mol. The Labute approximate surface area is 155 Å². The lowest BCUT2D eigenvalue weighted by molar-refractivity contribution is -0.123. The Kier molecular flexibility index (Phi) is 6.67. The van der Waals surface area contributed by atoms with Crippen molar-refractivity contribution >= 4 is 35.4 Å². The SMILES string of the molecule is COc1ccc(OCC(=O)N[C@H](C)c2ccc(Cl)cc2Cl)c(C=O)c1. The first-order chi connectivity index (χ1) is 11.9. The van der Waals surface area contributed by atoms with E-state index in [4.69, 9.17) is 32.7 Å². The molecular formula is C18H17Cl2NO4. The van der Waals surface area contributed by atoms with Gasteiger partial charge >= 0.3 is 0 Å². The molecule has 2 aromatic carbocycles. The molecule has 1 atom stereocenters. The largest absolute Gasteiger partial charge is 0.497 e. The van der Waals surface area contributed by atoms with E-state index in [2.05, 4.69) is 5.32 Å². The average Bonchev–Trinajstić information content (AvgIpc) is 2.59. The van der Waals surface area contributed by atoms with Crippen LogP contribution in [0.3, 0.4) is 0 Å². The van der Waals surface area contributed by atoms with Crippen LogP contribution in [-0.2, 0) is 4.79 Å². The number of rotatable bonds is 7. The van der Waals surface area contributed by atoms with Crippen molar-refractivity contribution < 1.29 is 19.1 Å². The van der Waals surface area contributed by atoms with Crippen LogP contribution in [-0.4, -0.2) is 25.9 Å². The molecular weight excluding hydrogens is 365 g/mol. The fraction of sp³-hybridized carbons (Fsp3) is 0.222. The molecule has 0 aromatic heterocycles. The minimum atomic E-state index is -0.341. The summed E-state index contributed by atoms with van der Waals surface area (Å²) in [6, 6.07) is 9.52. The molecule has 1 N–H and O–H groups in total. The van der Waals surface area contributed by atoms with Gasteiger partial charge in [-0.3, -0.25) is 9.59 Å². The van der Waals surface area contributed by atoms with E-state index >= 15 is 0 Å². The van der Waals surface area contributed by atoms with Gasteiger partial charge < -0.3 is 14.8 Å². The van der Waals surface area contributed by atoms with E-state index in [1.807, 2.05) is 0 Å². The third-order valence-electron chi connectivity index (χ3n) is 3.51. The number of benzene rings is 2. The van der Waals surface area contributed by atoms with Gasteiger partial charge in [0.1, 0.15) is 11.5 Å². The highest BCUT2D eigenvalue weighted by atomic mass is 35.5. The van der Waals surface area contributed by atoms with Gasteiger partial charge in [-0.25, -0.2) is 0 Å². The summed E-state index contributed by atoms with van der Waals surface area (Å²) in [6.07, 6.45) is 0.645. The molecule has 0 aliphatic heterocycles. The van der Waals surface area contributed by atoms with E-state index in [0.717, 1.165) is 5.56 Å². The number of carbonyl (C=O) groups is 2. The van der Waals surface area contributed by atoms with Crippen molar-refractivity contribution in [3.63, 3.8) is 0 Å². The smallest absolute Gasteiger partial charge is 0.258 e. The Bertz CT molecular complexity index is 780. The van der Waals surface area contributed by atoms with Gasteiger partial charge in [-0.2, -0.15) is 0 Å². The van der Waals surface area contributed by atoms with Crippen LogP contribution >= 0.6 is 23.2 Å². The van der Waals surface area contributed by atoms with E-state index in [1.165, 1.54) is 13.2 Å². The molecule has 0 saturated heterocycles. The van der Waals surface area contributed by atoms with E-state index in [-0.39, 0.29) is 18.6 Å². The van der Waals surface area contributed by atoms with Crippen LogP contribution in [0.25, 0.3) is 0 Å². The van der Waals surface area contributed by atoms with E-state index in [9.17, 15) is 9.59 Å². The minimum Gasteiger partial charge on any atom is -0.497 e.